The number of fused-ring (bicyclic) bond motifs is 2. The van der Waals surface area contributed by atoms with E-state index >= 15 is 0 Å². The smallest absolute Gasteiger partial charge is 0.263 e. The van der Waals surface area contributed by atoms with Crippen molar-refractivity contribution in [2.45, 2.75) is 30.4 Å². The molecular formula is C20H23N3O3. The second-order valence-corrected chi connectivity index (χ2v) is 7.34. The number of likely N-dealkylation sites (tertiary alicyclic amines) is 1. The van der Waals surface area contributed by atoms with Crippen LogP contribution < -0.4 is 11.3 Å². The monoisotopic (exact) mass is 353 g/mol. The zero-order chi connectivity index (χ0) is 18.5. The standard InChI is InChI=1S/C20H23N3O3/c1-22-10-4-6-14(18(22)25)19(26)23-11-8-20(9-12-23)15-7-3-2-5-13(15)16(21)17(20)24/h2-7,10,16-17,24H,8-9,11-12,21H2,1H3/t16-,17+/m1/s1. The minimum Gasteiger partial charge on any atom is -0.390 e. The molecule has 2 aromatic rings. The van der Waals surface area contributed by atoms with Gasteiger partial charge in [0.15, 0.2) is 0 Å². The maximum Gasteiger partial charge on any atom is 0.263 e. The Morgan fingerprint density at radius 2 is 1.88 bits per heavy atom. The van der Waals surface area contributed by atoms with Crippen LogP contribution in [-0.2, 0) is 12.5 Å². The van der Waals surface area contributed by atoms with Gasteiger partial charge in [-0.05, 0) is 36.1 Å². The van der Waals surface area contributed by atoms with Crippen molar-refractivity contribution in [3.63, 3.8) is 0 Å². The number of aromatic nitrogens is 1. The van der Waals surface area contributed by atoms with E-state index < -0.39 is 17.6 Å². The molecule has 2 aliphatic rings. The number of hydrogen-bond donors (Lipinski definition) is 2. The Bertz CT molecular complexity index is 913. The molecule has 1 spiro atoms. The van der Waals surface area contributed by atoms with Gasteiger partial charge in [0, 0.05) is 31.7 Å². The largest absolute Gasteiger partial charge is 0.390 e. The minimum atomic E-state index is -0.651. The van der Waals surface area contributed by atoms with Crippen LogP contribution >= 0.6 is 0 Å². The van der Waals surface area contributed by atoms with Gasteiger partial charge >= 0.3 is 0 Å². The van der Waals surface area contributed by atoms with Crippen LogP contribution in [0.5, 0.6) is 0 Å². The molecule has 0 saturated carbocycles. The number of hydrogen-bond acceptors (Lipinski definition) is 4. The Kier molecular flexibility index (Phi) is 3.97. The lowest BCUT2D eigenvalue weighted by atomic mass is 9.72. The first-order chi connectivity index (χ1) is 12.5. The van der Waals surface area contributed by atoms with E-state index in [2.05, 4.69) is 0 Å². The zero-order valence-electron chi connectivity index (χ0n) is 14.8. The van der Waals surface area contributed by atoms with Crippen LogP contribution in [0.25, 0.3) is 0 Å². The summed E-state index contributed by atoms with van der Waals surface area (Å²) in [6.45, 7) is 0.990. The molecule has 3 N–H and O–H groups in total. The quantitative estimate of drug-likeness (QED) is 0.798. The van der Waals surface area contributed by atoms with Gasteiger partial charge in [0.05, 0.1) is 12.1 Å². The predicted octanol–water partition coefficient (Wildman–Crippen LogP) is 0.934. The van der Waals surface area contributed by atoms with Crippen molar-refractivity contribution in [2.75, 3.05) is 13.1 Å². The van der Waals surface area contributed by atoms with E-state index in [1.54, 1.807) is 30.3 Å². The van der Waals surface area contributed by atoms with Crippen LogP contribution in [0.4, 0.5) is 0 Å². The third-order valence-corrected chi connectivity index (χ3v) is 6.06. The fourth-order valence-corrected chi connectivity index (χ4v) is 4.52. The maximum atomic E-state index is 12.8. The van der Waals surface area contributed by atoms with Crippen molar-refractivity contribution in [1.82, 2.24) is 9.47 Å². The number of aliphatic hydroxyl groups is 1. The van der Waals surface area contributed by atoms with E-state index in [1.807, 2.05) is 24.3 Å². The summed E-state index contributed by atoms with van der Waals surface area (Å²) >= 11 is 0. The van der Waals surface area contributed by atoms with Gasteiger partial charge in [-0.3, -0.25) is 9.59 Å². The molecule has 1 aliphatic heterocycles. The van der Waals surface area contributed by atoms with E-state index in [4.69, 9.17) is 5.73 Å². The molecule has 6 nitrogen and oxygen atoms in total. The molecule has 26 heavy (non-hydrogen) atoms. The molecule has 0 bridgehead atoms. The minimum absolute atomic E-state index is 0.190. The Morgan fingerprint density at radius 1 is 1.19 bits per heavy atom. The number of pyridine rings is 1. The molecule has 1 amide bonds. The molecule has 2 heterocycles. The van der Waals surface area contributed by atoms with Crippen LogP contribution in [0.15, 0.2) is 47.4 Å². The Hall–Kier alpha value is -2.44. The molecule has 4 rings (SSSR count). The van der Waals surface area contributed by atoms with E-state index in [1.165, 1.54) is 4.57 Å². The highest BCUT2D eigenvalue weighted by atomic mass is 16.3. The van der Waals surface area contributed by atoms with E-state index in [9.17, 15) is 14.7 Å². The molecule has 6 heteroatoms. The van der Waals surface area contributed by atoms with Crippen molar-refractivity contribution in [3.8, 4) is 0 Å². The van der Waals surface area contributed by atoms with Gasteiger partial charge in [-0.25, -0.2) is 0 Å². The number of piperidine rings is 1. The summed E-state index contributed by atoms with van der Waals surface area (Å²) in [6, 6.07) is 10.8. The first kappa shape index (κ1) is 17.0. The highest BCUT2D eigenvalue weighted by Gasteiger charge is 2.51. The number of carbonyl (C=O) groups is 1. The summed E-state index contributed by atoms with van der Waals surface area (Å²) in [5.41, 5.74) is 7.83. The predicted molar refractivity (Wildman–Crippen MR) is 97.9 cm³/mol. The molecule has 0 unspecified atom stereocenters. The topological polar surface area (TPSA) is 88.6 Å². The lowest BCUT2D eigenvalue weighted by molar-refractivity contribution is 0.0261. The third-order valence-electron chi connectivity index (χ3n) is 6.06. The zero-order valence-corrected chi connectivity index (χ0v) is 14.8. The van der Waals surface area contributed by atoms with Crippen LogP contribution in [-0.4, -0.2) is 39.7 Å². The average molecular weight is 353 g/mol. The van der Waals surface area contributed by atoms with Crippen LogP contribution in [0.3, 0.4) is 0 Å². The summed E-state index contributed by atoms with van der Waals surface area (Å²) < 4.78 is 1.41. The number of benzene rings is 1. The normalized spacial score (nSPS) is 23.9. The summed E-state index contributed by atoms with van der Waals surface area (Å²) in [6.07, 6.45) is 2.26. The average Bonchev–Trinajstić information content (AvgIpc) is 2.87. The van der Waals surface area contributed by atoms with Crippen molar-refractivity contribution in [3.05, 3.63) is 69.6 Å². The lowest BCUT2D eigenvalue weighted by Gasteiger charge is -2.42. The van der Waals surface area contributed by atoms with Crippen LogP contribution in [0.2, 0.25) is 0 Å². The van der Waals surface area contributed by atoms with Gasteiger partial charge < -0.3 is 20.3 Å². The Labute approximate surface area is 151 Å². The highest BCUT2D eigenvalue weighted by molar-refractivity contribution is 5.93. The first-order valence-electron chi connectivity index (χ1n) is 8.94. The number of aliphatic hydroxyl groups excluding tert-OH is 1. The summed E-state index contributed by atoms with van der Waals surface area (Å²) in [7, 11) is 1.64. The third kappa shape index (κ3) is 2.33. The number of carbonyl (C=O) groups excluding carboxylic acids is 1. The fourth-order valence-electron chi connectivity index (χ4n) is 4.52. The second kappa shape index (κ2) is 6.07. The number of aryl methyl sites for hydroxylation is 1. The van der Waals surface area contributed by atoms with Crippen LogP contribution in [0.1, 0.15) is 40.4 Å². The van der Waals surface area contributed by atoms with Gasteiger partial charge in [-0.15, -0.1) is 0 Å². The number of nitrogens with zero attached hydrogens (tertiary/aromatic N) is 2. The van der Waals surface area contributed by atoms with Crippen molar-refractivity contribution in [2.24, 2.45) is 12.8 Å². The van der Waals surface area contributed by atoms with E-state index in [-0.39, 0.29) is 17.0 Å². The molecule has 1 fully saturated rings. The molecule has 1 aliphatic carbocycles. The Morgan fingerprint density at radius 3 is 2.62 bits per heavy atom. The van der Waals surface area contributed by atoms with Crippen molar-refractivity contribution < 1.29 is 9.90 Å². The fraction of sp³-hybridized carbons (Fsp3) is 0.400. The Balaban J connectivity index is 1.59. The molecule has 136 valence electrons. The second-order valence-electron chi connectivity index (χ2n) is 7.34. The van der Waals surface area contributed by atoms with Crippen molar-refractivity contribution >= 4 is 5.91 Å². The van der Waals surface area contributed by atoms with E-state index in [0.717, 1.165) is 11.1 Å². The lowest BCUT2D eigenvalue weighted by Crippen LogP contribution is -2.50. The SMILES string of the molecule is Cn1cccc(C(=O)N2CCC3(CC2)c2ccccc2[C@@H](N)[C@@H]3O)c1=O. The summed E-state index contributed by atoms with van der Waals surface area (Å²) in [5.74, 6) is -0.244. The number of nitrogens with two attached hydrogens (primary N) is 1. The van der Waals surface area contributed by atoms with Gasteiger partial charge in [0.1, 0.15) is 5.56 Å². The number of amides is 1. The van der Waals surface area contributed by atoms with Crippen LogP contribution in [0, 0.1) is 0 Å². The first-order valence-corrected chi connectivity index (χ1v) is 8.94. The summed E-state index contributed by atoms with van der Waals surface area (Å²) in [5, 5.41) is 10.8. The molecular weight excluding hydrogens is 330 g/mol. The summed E-state index contributed by atoms with van der Waals surface area (Å²) in [4.78, 5) is 26.7. The van der Waals surface area contributed by atoms with Gasteiger partial charge in [0.25, 0.3) is 11.5 Å². The highest BCUT2D eigenvalue weighted by Crippen LogP contribution is 2.50. The van der Waals surface area contributed by atoms with Gasteiger partial charge in [0.2, 0.25) is 0 Å². The molecule has 1 saturated heterocycles. The number of rotatable bonds is 1. The van der Waals surface area contributed by atoms with Gasteiger partial charge in [-0.2, -0.15) is 0 Å². The molecule has 1 aromatic heterocycles. The van der Waals surface area contributed by atoms with E-state index in [0.29, 0.717) is 25.9 Å². The molecule has 2 atom stereocenters. The van der Waals surface area contributed by atoms with Crippen molar-refractivity contribution in [1.29, 1.82) is 0 Å². The molecule has 1 aromatic carbocycles. The van der Waals surface area contributed by atoms with Gasteiger partial charge in [-0.1, -0.05) is 24.3 Å². The maximum absolute atomic E-state index is 12.8. The molecule has 0 radical (unpaired) electrons.